The van der Waals surface area contributed by atoms with E-state index in [1.165, 1.54) is 0 Å². The molecular weight excluding hydrogens is 246 g/mol. The second-order valence-corrected chi connectivity index (χ2v) is 4.30. The number of hydrogen-bond donors (Lipinski definition) is 0. The van der Waals surface area contributed by atoms with Crippen LogP contribution in [0.2, 0.25) is 5.02 Å². The fourth-order valence-electron chi connectivity index (χ4n) is 1.92. The van der Waals surface area contributed by atoms with Gasteiger partial charge in [-0.05, 0) is 36.4 Å². The molecule has 4 heteroatoms. The maximum atomic E-state index is 9.09. The number of aromatic nitrogens is 2. The highest BCUT2D eigenvalue weighted by Crippen LogP contribution is 2.23. The van der Waals surface area contributed by atoms with Crippen LogP contribution in [-0.4, -0.2) is 9.38 Å². The van der Waals surface area contributed by atoms with Crippen molar-refractivity contribution < 1.29 is 0 Å². The van der Waals surface area contributed by atoms with Crippen LogP contribution < -0.4 is 0 Å². The molecule has 18 heavy (non-hydrogen) atoms. The zero-order chi connectivity index (χ0) is 12.5. The van der Waals surface area contributed by atoms with E-state index in [9.17, 15) is 0 Å². The Morgan fingerprint density at radius 1 is 1.11 bits per heavy atom. The Hall–Kier alpha value is -2.31. The van der Waals surface area contributed by atoms with Crippen LogP contribution in [0.25, 0.3) is 16.9 Å². The predicted molar refractivity (Wildman–Crippen MR) is 70.4 cm³/mol. The minimum Gasteiger partial charge on any atom is -0.298 e. The summed E-state index contributed by atoms with van der Waals surface area (Å²) < 4.78 is 1.90. The van der Waals surface area contributed by atoms with E-state index >= 15 is 0 Å². The van der Waals surface area contributed by atoms with Crippen molar-refractivity contribution in [1.82, 2.24) is 9.38 Å². The molecule has 3 aromatic rings. The highest BCUT2D eigenvalue weighted by molar-refractivity contribution is 6.30. The van der Waals surface area contributed by atoms with Crippen molar-refractivity contribution in [1.29, 1.82) is 5.26 Å². The second-order valence-electron chi connectivity index (χ2n) is 3.86. The number of fused-ring (bicyclic) bond motifs is 1. The third-order valence-electron chi connectivity index (χ3n) is 2.76. The highest BCUT2D eigenvalue weighted by atomic mass is 35.5. The fraction of sp³-hybridized carbons (Fsp3) is 0. The molecule has 0 fully saturated rings. The number of nitriles is 1. The molecule has 0 atom stereocenters. The van der Waals surface area contributed by atoms with Crippen molar-refractivity contribution in [2.45, 2.75) is 0 Å². The van der Waals surface area contributed by atoms with E-state index in [0.717, 1.165) is 16.9 Å². The average molecular weight is 254 g/mol. The standard InChI is InChI=1S/C14H8ClN3/c15-11-6-4-10(5-7-11)14-17-12(9-16)13-3-1-2-8-18(13)14/h1-8H. The van der Waals surface area contributed by atoms with Crippen LogP contribution in [0, 0.1) is 11.3 Å². The number of nitrogens with zero attached hydrogens (tertiary/aromatic N) is 3. The summed E-state index contributed by atoms with van der Waals surface area (Å²) >= 11 is 5.87. The third-order valence-corrected chi connectivity index (χ3v) is 3.01. The summed E-state index contributed by atoms with van der Waals surface area (Å²) in [7, 11) is 0. The monoisotopic (exact) mass is 253 g/mol. The molecule has 0 saturated carbocycles. The van der Waals surface area contributed by atoms with Gasteiger partial charge in [0.1, 0.15) is 11.9 Å². The van der Waals surface area contributed by atoms with E-state index in [1.807, 2.05) is 53.1 Å². The first-order valence-corrected chi connectivity index (χ1v) is 5.80. The smallest absolute Gasteiger partial charge is 0.166 e. The van der Waals surface area contributed by atoms with E-state index in [4.69, 9.17) is 16.9 Å². The van der Waals surface area contributed by atoms with Crippen LogP contribution in [-0.2, 0) is 0 Å². The minimum absolute atomic E-state index is 0.431. The van der Waals surface area contributed by atoms with Gasteiger partial charge in [-0.2, -0.15) is 5.26 Å². The zero-order valence-corrected chi connectivity index (χ0v) is 10.1. The van der Waals surface area contributed by atoms with E-state index in [1.54, 1.807) is 0 Å². The second kappa shape index (κ2) is 4.17. The Morgan fingerprint density at radius 2 is 1.89 bits per heavy atom. The number of hydrogen-bond acceptors (Lipinski definition) is 2. The van der Waals surface area contributed by atoms with Gasteiger partial charge in [-0.1, -0.05) is 17.7 Å². The van der Waals surface area contributed by atoms with Gasteiger partial charge in [-0.15, -0.1) is 0 Å². The molecule has 3 rings (SSSR count). The summed E-state index contributed by atoms with van der Waals surface area (Å²) in [6.07, 6.45) is 1.90. The quantitative estimate of drug-likeness (QED) is 0.666. The summed E-state index contributed by atoms with van der Waals surface area (Å²) in [4.78, 5) is 4.37. The fourth-order valence-corrected chi connectivity index (χ4v) is 2.05. The predicted octanol–water partition coefficient (Wildman–Crippen LogP) is 3.53. The van der Waals surface area contributed by atoms with E-state index in [0.29, 0.717) is 10.7 Å². The molecule has 0 bridgehead atoms. The lowest BCUT2D eigenvalue weighted by molar-refractivity contribution is 1.16. The summed E-state index contributed by atoms with van der Waals surface area (Å²) in [5, 5.41) is 9.77. The number of benzene rings is 1. The van der Waals surface area contributed by atoms with Gasteiger partial charge in [0.25, 0.3) is 0 Å². The van der Waals surface area contributed by atoms with Crippen LogP contribution in [0.5, 0.6) is 0 Å². The molecule has 2 aromatic heterocycles. The molecule has 0 saturated heterocycles. The summed E-state index contributed by atoms with van der Waals surface area (Å²) in [5.74, 6) is 0.749. The van der Waals surface area contributed by atoms with Crippen molar-refractivity contribution in [3.8, 4) is 17.5 Å². The maximum absolute atomic E-state index is 9.09. The summed E-state index contributed by atoms with van der Waals surface area (Å²) in [6.45, 7) is 0. The molecule has 0 N–H and O–H groups in total. The Morgan fingerprint density at radius 3 is 2.61 bits per heavy atom. The lowest BCUT2D eigenvalue weighted by atomic mass is 10.2. The molecular formula is C14H8ClN3. The minimum atomic E-state index is 0.431. The maximum Gasteiger partial charge on any atom is 0.166 e. The average Bonchev–Trinajstić information content (AvgIpc) is 2.79. The molecule has 0 amide bonds. The summed E-state index contributed by atoms with van der Waals surface area (Å²) in [6, 6.07) is 15.2. The third kappa shape index (κ3) is 1.64. The van der Waals surface area contributed by atoms with Crippen LogP contribution in [0.1, 0.15) is 5.69 Å². The van der Waals surface area contributed by atoms with Gasteiger partial charge in [-0.25, -0.2) is 4.98 Å². The molecule has 0 aliphatic rings. The first kappa shape index (κ1) is 10.8. The molecule has 1 aromatic carbocycles. The Kier molecular flexibility index (Phi) is 2.51. The lowest BCUT2D eigenvalue weighted by Gasteiger charge is -2.00. The molecule has 86 valence electrons. The molecule has 0 aliphatic carbocycles. The number of imidazole rings is 1. The van der Waals surface area contributed by atoms with Crippen molar-refractivity contribution in [3.05, 3.63) is 59.4 Å². The number of pyridine rings is 1. The molecule has 0 aliphatic heterocycles. The molecule has 3 nitrogen and oxygen atoms in total. The molecule has 0 radical (unpaired) electrons. The molecule has 0 unspecified atom stereocenters. The van der Waals surface area contributed by atoms with Gasteiger partial charge in [0, 0.05) is 16.8 Å². The first-order chi connectivity index (χ1) is 8.79. The van der Waals surface area contributed by atoms with Crippen molar-refractivity contribution in [3.63, 3.8) is 0 Å². The van der Waals surface area contributed by atoms with Gasteiger partial charge in [0.15, 0.2) is 5.69 Å². The first-order valence-electron chi connectivity index (χ1n) is 5.43. The van der Waals surface area contributed by atoms with Gasteiger partial charge in [-0.3, -0.25) is 4.40 Å². The van der Waals surface area contributed by atoms with Gasteiger partial charge in [0.2, 0.25) is 0 Å². The molecule has 2 heterocycles. The van der Waals surface area contributed by atoms with Crippen LogP contribution in [0.3, 0.4) is 0 Å². The Bertz CT molecular complexity index is 751. The van der Waals surface area contributed by atoms with Crippen molar-refractivity contribution in [2.24, 2.45) is 0 Å². The largest absolute Gasteiger partial charge is 0.298 e. The van der Waals surface area contributed by atoms with Crippen LogP contribution in [0.4, 0.5) is 0 Å². The number of halogens is 1. The van der Waals surface area contributed by atoms with Crippen LogP contribution in [0.15, 0.2) is 48.7 Å². The number of rotatable bonds is 1. The lowest BCUT2D eigenvalue weighted by Crippen LogP contribution is -1.87. The van der Waals surface area contributed by atoms with E-state index in [-0.39, 0.29) is 0 Å². The van der Waals surface area contributed by atoms with E-state index in [2.05, 4.69) is 11.1 Å². The topological polar surface area (TPSA) is 41.1 Å². The zero-order valence-electron chi connectivity index (χ0n) is 9.34. The van der Waals surface area contributed by atoms with Gasteiger partial charge in [0.05, 0.1) is 5.52 Å². The van der Waals surface area contributed by atoms with Crippen molar-refractivity contribution >= 4 is 17.1 Å². The normalized spacial score (nSPS) is 10.4. The Balaban J connectivity index is 2.30. The molecule has 0 spiro atoms. The Labute approximate surface area is 109 Å². The van der Waals surface area contributed by atoms with E-state index < -0.39 is 0 Å². The van der Waals surface area contributed by atoms with Gasteiger partial charge >= 0.3 is 0 Å². The highest BCUT2D eigenvalue weighted by Gasteiger charge is 2.11. The SMILES string of the molecule is N#Cc1nc(-c2ccc(Cl)cc2)n2ccccc12. The summed E-state index contributed by atoms with van der Waals surface area (Å²) in [5.41, 5.74) is 2.17. The van der Waals surface area contributed by atoms with Crippen molar-refractivity contribution in [2.75, 3.05) is 0 Å². The van der Waals surface area contributed by atoms with Gasteiger partial charge < -0.3 is 0 Å². The van der Waals surface area contributed by atoms with Crippen LogP contribution >= 0.6 is 11.6 Å².